The monoisotopic (exact) mass is 211 g/mol. The van der Waals surface area contributed by atoms with Gasteiger partial charge in [0.2, 0.25) is 0 Å². The van der Waals surface area contributed by atoms with E-state index in [0.29, 0.717) is 18.0 Å². The molecule has 0 saturated heterocycles. The highest BCUT2D eigenvalue weighted by atomic mass is 16.5. The van der Waals surface area contributed by atoms with E-state index in [4.69, 9.17) is 9.84 Å². The number of anilines is 1. The SMILES string of the molecule is COc1cc(C)c(O)cc1NCC(C)O. The van der Waals surface area contributed by atoms with E-state index in [1.807, 2.05) is 0 Å². The number of rotatable bonds is 4. The number of ether oxygens (including phenoxy) is 1. The van der Waals surface area contributed by atoms with Crippen molar-refractivity contribution in [2.24, 2.45) is 0 Å². The van der Waals surface area contributed by atoms with Gasteiger partial charge in [-0.15, -0.1) is 0 Å². The van der Waals surface area contributed by atoms with E-state index in [9.17, 15) is 5.11 Å². The Hall–Kier alpha value is -1.42. The van der Waals surface area contributed by atoms with E-state index in [2.05, 4.69) is 5.32 Å². The van der Waals surface area contributed by atoms with Gasteiger partial charge in [-0.05, 0) is 25.5 Å². The number of nitrogens with one attached hydrogen (secondary N) is 1. The lowest BCUT2D eigenvalue weighted by atomic mass is 10.2. The summed E-state index contributed by atoms with van der Waals surface area (Å²) < 4.78 is 5.16. The number of hydrogen-bond donors (Lipinski definition) is 3. The van der Waals surface area contributed by atoms with Gasteiger partial charge in [0.05, 0.1) is 18.9 Å². The van der Waals surface area contributed by atoms with Crippen molar-refractivity contribution in [2.75, 3.05) is 19.0 Å². The molecule has 0 spiro atoms. The average Bonchev–Trinajstić information content (AvgIpc) is 2.19. The molecule has 0 fully saturated rings. The van der Waals surface area contributed by atoms with E-state index in [1.165, 1.54) is 0 Å². The van der Waals surface area contributed by atoms with E-state index in [1.54, 1.807) is 33.1 Å². The normalized spacial score (nSPS) is 12.3. The van der Waals surface area contributed by atoms with Crippen LogP contribution in [0.1, 0.15) is 12.5 Å². The molecule has 84 valence electrons. The Morgan fingerprint density at radius 3 is 2.67 bits per heavy atom. The molecule has 1 atom stereocenters. The van der Waals surface area contributed by atoms with Gasteiger partial charge < -0.3 is 20.3 Å². The van der Waals surface area contributed by atoms with Crippen molar-refractivity contribution in [1.29, 1.82) is 0 Å². The molecule has 0 aliphatic heterocycles. The first-order valence-electron chi connectivity index (χ1n) is 4.84. The highest BCUT2D eigenvalue weighted by molar-refractivity contribution is 5.61. The Labute approximate surface area is 89.5 Å². The molecule has 0 aliphatic carbocycles. The molecule has 15 heavy (non-hydrogen) atoms. The summed E-state index contributed by atoms with van der Waals surface area (Å²) in [6.07, 6.45) is -0.446. The van der Waals surface area contributed by atoms with Crippen molar-refractivity contribution in [3.63, 3.8) is 0 Å². The van der Waals surface area contributed by atoms with Crippen LogP contribution >= 0.6 is 0 Å². The second-order valence-electron chi connectivity index (χ2n) is 3.57. The Morgan fingerprint density at radius 2 is 2.13 bits per heavy atom. The fraction of sp³-hybridized carbons (Fsp3) is 0.455. The van der Waals surface area contributed by atoms with Crippen LogP contribution in [0.2, 0.25) is 0 Å². The molecule has 1 aromatic carbocycles. The fourth-order valence-corrected chi connectivity index (χ4v) is 1.23. The van der Waals surface area contributed by atoms with Crippen LogP contribution in [0.4, 0.5) is 5.69 Å². The van der Waals surface area contributed by atoms with Crippen LogP contribution < -0.4 is 10.1 Å². The van der Waals surface area contributed by atoms with Crippen molar-refractivity contribution in [3.8, 4) is 11.5 Å². The van der Waals surface area contributed by atoms with Crippen LogP contribution in [0.15, 0.2) is 12.1 Å². The lowest BCUT2D eigenvalue weighted by molar-refractivity contribution is 0.208. The van der Waals surface area contributed by atoms with Crippen LogP contribution in [-0.2, 0) is 0 Å². The zero-order chi connectivity index (χ0) is 11.4. The Morgan fingerprint density at radius 1 is 1.47 bits per heavy atom. The maximum atomic E-state index is 9.53. The van der Waals surface area contributed by atoms with E-state index < -0.39 is 6.10 Å². The molecule has 0 amide bonds. The van der Waals surface area contributed by atoms with Gasteiger partial charge in [-0.25, -0.2) is 0 Å². The highest BCUT2D eigenvalue weighted by Crippen LogP contribution is 2.31. The van der Waals surface area contributed by atoms with Crippen molar-refractivity contribution >= 4 is 5.69 Å². The number of hydrogen-bond acceptors (Lipinski definition) is 4. The number of aromatic hydroxyl groups is 1. The fourth-order valence-electron chi connectivity index (χ4n) is 1.23. The lowest BCUT2D eigenvalue weighted by Crippen LogP contribution is -2.15. The molecule has 1 aromatic rings. The summed E-state index contributed by atoms with van der Waals surface area (Å²) >= 11 is 0. The van der Waals surface area contributed by atoms with E-state index in [-0.39, 0.29) is 5.75 Å². The lowest BCUT2D eigenvalue weighted by Gasteiger charge is -2.13. The first-order valence-corrected chi connectivity index (χ1v) is 4.84. The molecule has 4 nitrogen and oxygen atoms in total. The van der Waals surface area contributed by atoms with Gasteiger partial charge >= 0.3 is 0 Å². The van der Waals surface area contributed by atoms with Crippen LogP contribution in [0.25, 0.3) is 0 Å². The highest BCUT2D eigenvalue weighted by Gasteiger charge is 2.07. The average molecular weight is 211 g/mol. The minimum atomic E-state index is -0.446. The summed E-state index contributed by atoms with van der Waals surface area (Å²) in [5, 5.41) is 21.7. The Balaban J connectivity index is 2.89. The van der Waals surface area contributed by atoms with Gasteiger partial charge in [0.15, 0.2) is 0 Å². The molecule has 0 saturated carbocycles. The second-order valence-corrected chi connectivity index (χ2v) is 3.57. The quantitative estimate of drug-likeness (QED) is 0.706. The number of methoxy groups -OCH3 is 1. The summed E-state index contributed by atoms with van der Waals surface area (Å²) in [6, 6.07) is 3.34. The van der Waals surface area contributed by atoms with Gasteiger partial charge in [-0.1, -0.05) is 0 Å². The smallest absolute Gasteiger partial charge is 0.142 e. The van der Waals surface area contributed by atoms with Gasteiger partial charge in [0.1, 0.15) is 11.5 Å². The Bertz CT molecular complexity index is 337. The minimum Gasteiger partial charge on any atom is -0.508 e. The zero-order valence-electron chi connectivity index (χ0n) is 9.24. The number of phenols is 1. The molecule has 4 heteroatoms. The summed E-state index contributed by atoms with van der Waals surface area (Å²) in [4.78, 5) is 0. The maximum Gasteiger partial charge on any atom is 0.142 e. The predicted molar refractivity (Wildman–Crippen MR) is 59.6 cm³/mol. The van der Waals surface area contributed by atoms with Crippen molar-refractivity contribution in [2.45, 2.75) is 20.0 Å². The molecule has 0 heterocycles. The number of benzene rings is 1. The summed E-state index contributed by atoms with van der Waals surface area (Å²) in [5.41, 5.74) is 1.44. The van der Waals surface area contributed by atoms with E-state index >= 15 is 0 Å². The van der Waals surface area contributed by atoms with Crippen LogP contribution in [-0.4, -0.2) is 30.0 Å². The zero-order valence-corrected chi connectivity index (χ0v) is 9.24. The molecule has 1 rings (SSSR count). The second kappa shape index (κ2) is 4.89. The molecule has 0 aliphatic rings. The third-order valence-corrected chi connectivity index (χ3v) is 2.11. The molecular formula is C11H17NO3. The van der Waals surface area contributed by atoms with Gasteiger partial charge in [-0.2, -0.15) is 0 Å². The summed E-state index contributed by atoms with van der Waals surface area (Å²) in [5.74, 6) is 0.870. The number of phenolic OH excluding ortho intramolecular Hbond substituents is 1. The summed E-state index contributed by atoms with van der Waals surface area (Å²) in [6.45, 7) is 3.91. The van der Waals surface area contributed by atoms with Gasteiger partial charge in [-0.3, -0.25) is 0 Å². The van der Waals surface area contributed by atoms with Crippen molar-refractivity contribution < 1.29 is 14.9 Å². The molecule has 0 aromatic heterocycles. The third-order valence-electron chi connectivity index (χ3n) is 2.11. The van der Waals surface area contributed by atoms with Crippen LogP contribution in [0.5, 0.6) is 11.5 Å². The standard InChI is InChI=1S/C11H17NO3/c1-7-4-11(15-3)9(5-10(7)14)12-6-8(2)13/h4-5,8,12-14H,6H2,1-3H3. The maximum absolute atomic E-state index is 9.53. The number of aryl methyl sites for hydroxylation is 1. The predicted octanol–water partition coefficient (Wildman–Crippen LogP) is 1.50. The molecule has 0 radical (unpaired) electrons. The van der Waals surface area contributed by atoms with Crippen LogP contribution in [0.3, 0.4) is 0 Å². The van der Waals surface area contributed by atoms with Gasteiger partial charge in [0.25, 0.3) is 0 Å². The largest absolute Gasteiger partial charge is 0.508 e. The number of aliphatic hydroxyl groups is 1. The molecule has 0 bridgehead atoms. The minimum absolute atomic E-state index is 0.212. The first-order chi connectivity index (χ1) is 7.04. The van der Waals surface area contributed by atoms with Crippen molar-refractivity contribution in [1.82, 2.24) is 0 Å². The third kappa shape index (κ3) is 3.02. The van der Waals surface area contributed by atoms with E-state index in [0.717, 1.165) is 5.56 Å². The molecule has 1 unspecified atom stereocenters. The molecule has 3 N–H and O–H groups in total. The van der Waals surface area contributed by atoms with Crippen LogP contribution in [0, 0.1) is 6.92 Å². The molecular weight excluding hydrogens is 194 g/mol. The summed E-state index contributed by atoms with van der Waals surface area (Å²) in [7, 11) is 1.57. The van der Waals surface area contributed by atoms with Gasteiger partial charge in [0, 0.05) is 12.6 Å². The number of aliphatic hydroxyl groups excluding tert-OH is 1. The topological polar surface area (TPSA) is 61.7 Å². The first kappa shape index (κ1) is 11.7. The Kier molecular flexibility index (Phi) is 3.80. The van der Waals surface area contributed by atoms with Crippen molar-refractivity contribution in [3.05, 3.63) is 17.7 Å².